The summed E-state index contributed by atoms with van der Waals surface area (Å²) in [5, 5.41) is 2.03. The van der Waals surface area contributed by atoms with Crippen molar-refractivity contribution < 1.29 is 53.4 Å². The number of aryl methyl sites for hydroxylation is 1. The number of alkyl halides is 7. The smallest absolute Gasteiger partial charge is 0.429 e. The molecule has 0 N–H and O–H groups in total. The second-order valence-electron chi connectivity index (χ2n) is 10.4. The maximum atomic E-state index is 15.0. The van der Waals surface area contributed by atoms with Gasteiger partial charge in [-0.15, -0.1) is 13.2 Å². The van der Waals surface area contributed by atoms with Gasteiger partial charge < -0.3 is 4.74 Å². The molecule has 12 heteroatoms. The van der Waals surface area contributed by atoms with Crippen LogP contribution in [0.4, 0.5) is 43.9 Å². The van der Waals surface area contributed by atoms with Gasteiger partial charge in [-0.1, -0.05) is 55.8 Å². The molecule has 0 spiro atoms. The Labute approximate surface area is 255 Å². The summed E-state index contributed by atoms with van der Waals surface area (Å²) in [6, 6.07) is 19.5. The normalized spacial score (nSPS) is 12.5. The standard InChI is InChI=1S/C34H22F10O2/c1-2-3-19-4-5-23-15-22(7-6-21(23)14-19)20-8-10-25(11-9-20)32(38,39)45-26-12-13-27(28(35)18-26)24-16-29(36)31(30(37)17-24)33(40,41)46-34(42,43)44/h4-18H,2-3H2,1H3. The molecule has 0 amide bonds. The highest BCUT2D eigenvalue weighted by Crippen LogP contribution is 2.41. The molecule has 0 heterocycles. The van der Waals surface area contributed by atoms with Crippen LogP contribution in [0, 0.1) is 17.5 Å². The summed E-state index contributed by atoms with van der Waals surface area (Å²) >= 11 is 0. The lowest BCUT2D eigenvalue weighted by Gasteiger charge is -2.20. The van der Waals surface area contributed by atoms with E-state index in [2.05, 4.69) is 17.7 Å². The van der Waals surface area contributed by atoms with Gasteiger partial charge in [-0.3, -0.25) is 0 Å². The highest BCUT2D eigenvalue weighted by Gasteiger charge is 2.49. The molecular formula is C34H22F10O2. The number of rotatable bonds is 9. The van der Waals surface area contributed by atoms with E-state index in [0.717, 1.165) is 53.4 Å². The first kappa shape index (κ1) is 32.8. The van der Waals surface area contributed by atoms with Gasteiger partial charge in [0.25, 0.3) is 0 Å². The number of benzene rings is 5. The van der Waals surface area contributed by atoms with Gasteiger partial charge in [0.2, 0.25) is 0 Å². The van der Waals surface area contributed by atoms with Crippen molar-refractivity contribution in [1.29, 1.82) is 0 Å². The van der Waals surface area contributed by atoms with Crippen LogP contribution >= 0.6 is 0 Å². The van der Waals surface area contributed by atoms with Crippen LogP contribution < -0.4 is 4.74 Å². The third kappa shape index (κ3) is 7.12. The minimum atomic E-state index is -5.93. The lowest BCUT2D eigenvalue weighted by molar-refractivity contribution is -0.432. The van der Waals surface area contributed by atoms with Crippen LogP contribution in [0.3, 0.4) is 0 Å². The van der Waals surface area contributed by atoms with Crippen LogP contribution in [0.15, 0.2) is 91.0 Å². The van der Waals surface area contributed by atoms with E-state index in [4.69, 9.17) is 4.74 Å². The van der Waals surface area contributed by atoms with Crippen LogP contribution in [0.25, 0.3) is 33.0 Å². The van der Waals surface area contributed by atoms with E-state index in [0.29, 0.717) is 11.6 Å². The maximum Gasteiger partial charge on any atom is 0.527 e. The monoisotopic (exact) mass is 652 g/mol. The number of fused-ring (bicyclic) bond motifs is 1. The van der Waals surface area contributed by atoms with Crippen molar-refractivity contribution in [2.45, 2.75) is 38.3 Å². The SMILES string of the molecule is CCCc1ccc2cc(-c3ccc(C(F)(F)Oc4ccc(-c5cc(F)c(C(F)(F)OC(F)(F)F)c(F)c5)c(F)c4)cc3)ccc2c1. The number of ether oxygens (including phenoxy) is 2. The van der Waals surface area contributed by atoms with Gasteiger partial charge >= 0.3 is 18.6 Å². The molecule has 0 unspecified atom stereocenters. The number of hydrogen-bond acceptors (Lipinski definition) is 2. The molecule has 5 rings (SSSR count). The fourth-order valence-corrected chi connectivity index (χ4v) is 4.98. The van der Waals surface area contributed by atoms with Crippen molar-refractivity contribution in [3.63, 3.8) is 0 Å². The van der Waals surface area contributed by atoms with Crippen molar-refractivity contribution in [2.75, 3.05) is 0 Å². The van der Waals surface area contributed by atoms with Gasteiger partial charge in [-0.25, -0.2) is 17.9 Å². The van der Waals surface area contributed by atoms with E-state index >= 15 is 8.78 Å². The lowest BCUT2D eigenvalue weighted by Crippen LogP contribution is -2.29. The Bertz CT molecular complexity index is 1860. The van der Waals surface area contributed by atoms with Crippen LogP contribution in [0.1, 0.15) is 30.0 Å². The van der Waals surface area contributed by atoms with Gasteiger partial charge in [0, 0.05) is 11.6 Å². The van der Waals surface area contributed by atoms with E-state index in [1.807, 2.05) is 30.3 Å². The second kappa shape index (κ2) is 12.3. The van der Waals surface area contributed by atoms with Crippen LogP contribution in [0.2, 0.25) is 0 Å². The van der Waals surface area contributed by atoms with Crippen molar-refractivity contribution in [3.05, 3.63) is 125 Å². The molecule has 0 radical (unpaired) electrons. The molecule has 0 aliphatic rings. The quantitative estimate of drug-likeness (QED) is 0.148. The van der Waals surface area contributed by atoms with Gasteiger partial charge in [0.1, 0.15) is 28.8 Å². The molecule has 5 aromatic carbocycles. The van der Waals surface area contributed by atoms with Crippen LogP contribution in [0.5, 0.6) is 5.75 Å². The Balaban J connectivity index is 1.33. The van der Waals surface area contributed by atoms with Gasteiger partial charge in [-0.2, -0.15) is 17.6 Å². The van der Waals surface area contributed by atoms with E-state index in [1.54, 1.807) is 0 Å². The van der Waals surface area contributed by atoms with Crippen LogP contribution in [-0.4, -0.2) is 6.36 Å². The zero-order chi connectivity index (χ0) is 33.4. The van der Waals surface area contributed by atoms with E-state index in [-0.39, 0.29) is 12.1 Å². The fraction of sp³-hybridized carbons (Fsp3) is 0.176. The molecule has 0 saturated heterocycles. The number of halogens is 10. The van der Waals surface area contributed by atoms with Crippen molar-refractivity contribution >= 4 is 10.8 Å². The Hall–Kier alpha value is -4.58. The molecule has 0 aliphatic heterocycles. The maximum absolute atomic E-state index is 15.0. The van der Waals surface area contributed by atoms with Gasteiger partial charge in [0.15, 0.2) is 0 Å². The molecule has 240 valence electrons. The molecule has 0 saturated carbocycles. The Morgan fingerprint density at radius 3 is 1.78 bits per heavy atom. The van der Waals surface area contributed by atoms with Crippen molar-refractivity contribution in [2.24, 2.45) is 0 Å². The summed E-state index contributed by atoms with van der Waals surface area (Å²) in [4.78, 5) is 0. The fourth-order valence-electron chi connectivity index (χ4n) is 4.98. The molecule has 5 aromatic rings. The van der Waals surface area contributed by atoms with Gasteiger partial charge in [0.05, 0.1) is 5.56 Å². The zero-order valence-electron chi connectivity index (χ0n) is 23.7. The third-order valence-electron chi connectivity index (χ3n) is 7.07. The summed E-state index contributed by atoms with van der Waals surface area (Å²) in [6.45, 7) is 2.09. The predicted octanol–water partition coefficient (Wildman–Crippen LogP) is 11.3. The topological polar surface area (TPSA) is 18.5 Å². The van der Waals surface area contributed by atoms with Gasteiger partial charge in [-0.05, 0) is 81.9 Å². The first-order valence-corrected chi connectivity index (χ1v) is 13.7. The average molecular weight is 653 g/mol. The molecule has 2 nitrogen and oxygen atoms in total. The van der Waals surface area contributed by atoms with Crippen molar-refractivity contribution in [1.82, 2.24) is 0 Å². The molecule has 0 bridgehead atoms. The summed E-state index contributed by atoms with van der Waals surface area (Å²) < 4.78 is 145. The second-order valence-corrected chi connectivity index (χ2v) is 10.4. The Morgan fingerprint density at radius 1 is 0.565 bits per heavy atom. The largest absolute Gasteiger partial charge is 0.527 e. The zero-order valence-corrected chi connectivity index (χ0v) is 23.7. The molecule has 46 heavy (non-hydrogen) atoms. The summed E-state index contributed by atoms with van der Waals surface area (Å²) in [5.74, 6) is -6.35. The molecule has 0 aliphatic carbocycles. The first-order valence-electron chi connectivity index (χ1n) is 13.7. The summed E-state index contributed by atoms with van der Waals surface area (Å²) in [7, 11) is 0. The molecule has 0 aromatic heterocycles. The minimum Gasteiger partial charge on any atom is -0.429 e. The minimum absolute atomic E-state index is 0.153. The number of hydrogen-bond donors (Lipinski definition) is 0. The Kier molecular flexibility index (Phi) is 8.78. The van der Waals surface area contributed by atoms with E-state index < -0.39 is 64.0 Å². The highest BCUT2D eigenvalue weighted by molar-refractivity contribution is 5.88. The predicted molar refractivity (Wildman–Crippen MR) is 151 cm³/mol. The lowest BCUT2D eigenvalue weighted by atomic mass is 9.98. The van der Waals surface area contributed by atoms with Crippen LogP contribution in [-0.2, 0) is 23.4 Å². The van der Waals surface area contributed by atoms with E-state index in [9.17, 15) is 35.1 Å². The molecular weight excluding hydrogens is 630 g/mol. The average Bonchev–Trinajstić information content (AvgIpc) is 2.95. The summed E-state index contributed by atoms with van der Waals surface area (Å²) in [6.07, 6.45) is -13.3. The van der Waals surface area contributed by atoms with E-state index in [1.165, 1.54) is 17.7 Å². The Morgan fingerprint density at radius 2 is 1.17 bits per heavy atom. The highest BCUT2D eigenvalue weighted by atomic mass is 19.4. The third-order valence-corrected chi connectivity index (χ3v) is 7.07. The van der Waals surface area contributed by atoms with Crippen molar-refractivity contribution in [3.8, 4) is 28.0 Å². The molecule has 0 atom stereocenters. The summed E-state index contributed by atoms with van der Waals surface area (Å²) in [5.41, 5.74) is -1.59. The molecule has 0 fully saturated rings. The first-order chi connectivity index (χ1) is 21.6.